The van der Waals surface area contributed by atoms with E-state index in [4.69, 9.17) is 0 Å². The van der Waals surface area contributed by atoms with E-state index in [-0.39, 0.29) is 0 Å². The van der Waals surface area contributed by atoms with Crippen LogP contribution in [-0.4, -0.2) is 19.6 Å². The average molecular weight is 282 g/mol. The number of hydrogen-bond donors (Lipinski definition) is 3. The van der Waals surface area contributed by atoms with E-state index in [1.807, 2.05) is 52.1 Å². The van der Waals surface area contributed by atoms with Crippen molar-refractivity contribution in [3.05, 3.63) is 48.1 Å². The summed E-state index contributed by atoms with van der Waals surface area (Å²) in [6, 6.07) is 0.611. The Morgan fingerprint density at radius 3 is 2.37 bits per heavy atom. The Morgan fingerprint density at radius 1 is 1.42 bits per heavy atom. The summed E-state index contributed by atoms with van der Waals surface area (Å²) in [6.45, 7) is 14.5. The molecule has 1 rings (SSSR count). The third-order valence-electron chi connectivity index (χ3n) is 2.41. The first kappa shape index (κ1) is 20.4. The van der Waals surface area contributed by atoms with E-state index in [2.05, 4.69) is 36.4 Å². The molecule has 0 spiro atoms. The van der Waals surface area contributed by atoms with Gasteiger partial charge in [0.15, 0.2) is 0 Å². The van der Waals surface area contributed by atoms with Crippen LogP contribution in [0.1, 0.15) is 33.6 Å². The zero-order valence-electron chi connectivity index (χ0n) is 12.9. The van der Waals surface area contributed by atoms with Gasteiger partial charge in [0, 0.05) is 18.8 Å². The third kappa shape index (κ3) is 15.0. The lowest BCUT2D eigenvalue weighted by atomic mass is 10.2. The maximum absolute atomic E-state index is 4.00. The summed E-state index contributed by atoms with van der Waals surface area (Å²) in [6.07, 6.45) is 10.3. The van der Waals surface area contributed by atoms with Gasteiger partial charge in [-0.15, -0.1) is 19.2 Å². The van der Waals surface area contributed by atoms with Crippen LogP contribution in [0.25, 0.3) is 0 Å². The van der Waals surface area contributed by atoms with Gasteiger partial charge in [-0.05, 0) is 43.4 Å². The van der Waals surface area contributed by atoms with Gasteiger partial charge in [-0.2, -0.15) is 0 Å². The minimum atomic E-state index is 0.611. The molecule has 0 aromatic carbocycles. The van der Waals surface area contributed by atoms with E-state index >= 15 is 0 Å². The van der Waals surface area contributed by atoms with Crippen LogP contribution >= 0.6 is 12.6 Å². The van der Waals surface area contributed by atoms with Crippen LogP contribution in [0, 0.1) is 0 Å². The molecule has 2 N–H and O–H groups in total. The second kappa shape index (κ2) is 15.1. The van der Waals surface area contributed by atoms with E-state index < -0.39 is 0 Å². The lowest BCUT2D eigenvalue weighted by Gasteiger charge is -1.97. The van der Waals surface area contributed by atoms with E-state index in [0.29, 0.717) is 6.04 Å². The molecule has 3 heteroatoms. The molecule has 0 aromatic heterocycles. The van der Waals surface area contributed by atoms with Crippen LogP contribution < -0.4 is 10.6 Å². The van der Waals surface area contributed by atoms with Crippen molar-refractivity contribution >= 4 is 12.6 Å². The molecule has 0 aliphatic carbocycles. The Hall–Kier alpha value is -0.930. The van der Waals surface area contributed by atoms with Crippen LogP contribution in [0.15, 0.2) is 48.1 Å². The largest absolute Gasteiger partial charge is 0.392 e. The maximum Gasteiger partial charge on any atom is 0.0247 e. The lowest BCUT2D eigenvalue weighted by Crippen LogP contribution is -2.17. The number of nitrogens with one attached hydrogen (secondary N) is 2. The molecule has 1 heterocycles. The van der Waals surface area contributed by atoms with Crippen molar-refractivity contribution in [3.8, 4) is 0 Å². The van der Waals surface area contributed by atoms with Crippen LogP contribution in [0.4, 0.5) is 0 Å². The molecule has 19 heavy (non-hydrogen) atoms. The summed E-state index contributed by atoms with van der Waals surface area (Å²) < 4.78 is 0. The second-order valence-electron chi connectivity index (χ2n) is 3.89. The predicted molar refractivity (Wildman–Crippen MR) is 92.7 cm³/mol. The van der Waals surface area contributed by atoms with Gasteiger partial charge in [-0.25, -0.2) is 0 Å². The van der Waals surface area contributed by atoms with Crippen molar-refractivity contribution in [3.63, 3.8) is 0 Å². The topological polar surface area (TPSA) is 24.1 Å². The first-order valence-electron chi connectivity index (χ1n) is 6.86. The van der Waals surface area contributed by atoms with Crippen molar-refractivity contribution in [2.45, 2.75) is 39.7 Å². The smallest absolute Gasteiger partial charge is 0.0247 e. The molecule has 2 nitrogen and oxygen atoms in total. The van der Waals surface area contributed by atoms with Gasteiger partial charge >= 0.3 is 0 Å². The van der Waals surface area contributed by atoms with Gasteiger partial charge < -0.3 is 10.6 Å². The number of rotatable bonds is 4. The lowest BCUT2D eigenvalue weighted by molar-refractivity contribution is 0.729. The van der Waals surface area contributed by atoms with E-state index in [0.717, 1.165) is 10.6 Å². The Kier molecular flexibility index (Phi) is 16.2. The molecule has 1 aliphatic heterocycles. The Morgan fingerprint density at radius 2 is 2.05 bits per heavy atom. The second-order valence-corrected chi connectivity index (χ2v) is 4.46. The molecule has 1 unspecified atom stereocenters. The quantitative estimate of drug-likeness (QED) is 0.411. The highest BCUT2D eigenvalue weighted by Gasteiger charge is 2.07. The molecule has 1 saturated heterocycles. The van der Waals surface area contributed by atoms with Gasteiger partial charge in [0.1, 0.15) is 0 Å². The third-order valence-corrected chi connectivity index (χ3v) is 2.56. The molecule has 1 aliphatic rings. The van der Waals surface area contributed by atoms with Crippen molar-refractivity contribution < 1.29 is 0 Å². The SMILES string of the molecule is C=C(S)/C=C\C=C(/C)NC.C=CC1CCCN1.CC. The summed E-state index contributed by atoms with van der Waals surface area (Å²) in [4.78, 5) is 0.764. The van der Waals surface area contributed by atoms with Gasteiger partial charge in [0.25, 0.3) is 0 Å². The molecule has 0 bridgehead atoms. The highest BCUT2D eigenvalue weighted by atomic mass is 32.1. The standard InChI is InChI=1S/C8H13NS.C6H11N.C2H6/c1-7(9-3)5-4-6-8(2)10;1-2-6-4-3-5-7-6;1-2/h4-6,9-10H,2H2,1,3H3;2,6-7H,1,3-5H2;1-2H3/b6-4-,7-5+;;. The average Bonchev–Trinajstić information content (AvgIpc) is 2.94. The first-order chi connectivity index (χ1) is 9.10. The predicted octanol–water partition coefficient (Wildman–Crippen LogP) is 4.06. The molecule has 0 aromatic rings. The normalized spacial score (nSPS) is 17.9. The van der Waals surface area contributed by atoms with Crippen molar-refractivity contribution in [2.24, 2.45) is 0 Å². The van der Waals surface area contributed by atoms with Gasteiger partial charge in [0.2, 0.25) is 0 Å². The Labute approximate surface area is 125 Å². The zero-order chi connectivity index (χ0) is 15.1. The number of thiol groups is 1. The van der Waals surface area contributed by atoms with E-state index in [1.165, 1.54) is 19.4 Å². The fourth-order valence-corrected chi connectivity index (χ4v) is 1.39. The fourth-order valence-electron chi connectivity index (χ4n) is 1.30. The summed E-state index contributed by atoms with van der Waals surface area (Å²) in [5.41, 5.74) is 1.12. The summed E-state index contributed by atoms with van der Waals surface area (Å²) >= 11 is 4.00. The Bertz CT molecular complexity index is 287. The monoisotopic (exact) mass is 282 g/mol. The van der Waals surface area contributed by atoms with E-state index in [9.17, 15) is 0 Å². The molecular weight excluding hydrogens is 252 g/mol. The molecule has 1 atom stereocenters. The van der Waals surface area contributed by atoms with E-state index in [1.54, 1.807) is 0 Å². The van der Waals surface area contributed by atoms with Crippen molar-refractivity contribution in [2.75, 3.05) is 13.6 Å². The van der Waals surface area contributed by atoms with Crippen molar-refractivity contribution in [1.82, 2.24) is 10.6 Å². The molecule has 1 fully saturated rings. The summed E-state index contributed by atoms with van der Waals surface area (Å²) in [5, 5.41) is 6.28. The van der Waals surface area contributed by atoms with Crippen LogP contribution in [0.5, 0.6) is 0 Å². The first-order valence-corrected chi connectivity index (χ1v) is 7.31. The minimum Gasteiger partial charge on any atom is -0.392 e. The van der Waals surface area contributed by atoms with Gasteiger partial charge in [0.05, 0.1) is 0 Å². The zero-order valence-corrected chi connectivity index (χ0v) is 13.8. The molecule has 0 amide bonds. The molecule has 0 radical (unpaired) electrons. The summed E-state index contributed by atoms with van der Waals surface area (Å²) in [7, 11) is 1.88. The van der Waals surface area contributed by atoms with Crippen LogP contribution in [0.3, 0.4) is 0 Å². The molecular formula is C16H30N2S. The van der Waals surface area contributed by atoms with Crippen LogP contribution in [0.2, 0.25) is 0 Å². The van der Waals surface area contributed by atoms with Gasteiger partial charge in [-0.1, -0.05) is 32.6 Å². The number of hydrogen-bond acceptors (Lipinski definition) is 3. The van der Waals surface area contributed by atoms with Crippen LogP contribution in [-0.2, 0) is 0 Å². The summed E-state index contributed by atoms with van der Waals surface area (Å²) in [5.74, 6) is 0. The maximum atomic E-state index is 4.00. The Balaban J connectivity index is 0. The minimum absolute atomic E-state index is 0.611. The highest BCUT2D eigenvalue weighted by molar-refractivity contribution is 7.84. The van der Waals surface area contributed by atoms with Gasteiger partial charge in [-0.3, -0.25) is 0 Å². The fraction of sp³-hybridized carbons (Fsp3) is 0.500. The van der Waals surface area contributed by atoms with Crippen molar-refractivity contribution in [1.29, 1.82) is 0 Å². The number of allylic oxidation sites excluding steroid dienone is 4. The highest BCUT2D eigenvalue weighted by Crippen LogP contribution is 2.03. The molecule has 0 saturated carbocycles. The molecule has 110 valence electrons.